The third-order valence-corrected chi connectivity index (χ3v) is 4.13. The Hall–Kier alpha value is -1.74. The summed E-state index contributed by atoms with van der Waals surface area (Å²) in [6, 6.07) is 10.4. The summed E-state index contributed by atoms with van der Waals surface area (Å²) >= 11 is 5.99. The van der Waals surface area contributed by atoms with Crippen molar-refractivity contribution in [3.63, 3.8) is 0 Å². The zero-order valence-corrected chi connectivity index (χ0v) is 13.2. The van der Waals surface area contributed by atoms with Crippen molar-refractivity contribution in [1.29, 1.82) is 0 Å². The summed E-state index contributed by atoms with van der Waals surface area (Å²) in [5.41, 5.74) is 2.95. The highest BCUT2D eigenvalue weighted by Gasteiger charge is 2.33. The molecule has 0 radical (unpaired) electrons. The fourth-order valence-corrected chi connectivity index (χ4v) is 2.87. The molecular weight excluding hydrogens is 284 g/mol. The molecule has 0 saturated heterocycles. The lowest BCUT2D eigenvalue weighted by Crippen LogP contribution is -2.37. The molecule has 1 atom stereocenters. The SMILES string of the molecule is Cc1cc(NC2CC(C)(C)Oc3ccccc32)cnc1Cl. The molecule has 2 aromatic rings. The Morgan fingerprint density at radius 1 is 1.33 bits per heavy atom. The summed E-state index contributed by atoms with van der Waals surface area (Å²) < 4.78 is 6.05. The number of rotatable bonds is 2. The molecule has 4 heteroatoms. The Labute approximate surface area is 130 Å². The quantitative estimate of drug-likeness (QED) is 0.812. The molecule has 2 heterocycles. The lowest BCUT2D eigenvalue weighted by Gasteiger charge is -2.38. The smallest absolute Gasteiger partial charge is 0.132 e. The van der Waals surface area contributed by atoms with E-state index in [9.17, 15) is 0 Å². The van der Waals surface area contributed by atoms with Gasteiger partial charge in [-0.1, -0.05) is 29.8 Å². The van der Waals surface area contributed by atoms with Crippen LogP contribution in [0.4, 0.5) is 5.69 Å². The predicted molar refractivity (Wildman–Crippen MR) is 86.1 cm³/mol. The molecule has 0 bridgehead atoms. The number of hydrogen-bond donors (Lipinski definition) is 1. The van der Waals surface area contributed by atoms with Gasteiger partial charge in [0.25, 0.3) is 0 Å². The minimum atomic E-state index is -0.194. The summed E-state index contributed by atoms with van der Waals surface area (Å²) in [4.78, 5) is 4.21. The van der Waals surface area contributed by atoms with Crippen LogP contribution in [-0.4, -0.2) is 10.6 Å². The highest BCUT2D eigenvalue weighted by molar-refractivity contribution is 6.30. The number of aryl methyl sites for hydroxylation is 1. The minimum Gasteiger partial charge on any atom is -0.487 e. The van der Waals surface area contributed by atoms with E-state index in [4.69, 9.17) is 16.3 Å². The number of nitrogens with zero attached hydrogens (tertiary/aromatic N) is 1. The molecule has 21 heavy (non-hydrogen) atoms. The average Bonchev–Trinajstić information content (AvgIpc) is 2.42. The fourth-order valence-electron chi connectivity index (χ4n) is 2.77. The van der Waals surface area contributed by atoms with E-state index < -0.39 is 0 Å². The van der Waals surface area contributed by atoms with Crippen LogP contribution in [0.25, 0.3) is 0 Å². The van der Waals surface area contributed by atoms with Gasteiger partial charge in [0.05, 0.1) is 17.9 Å². The van der Waals surface area contributed by atoms with Crippen LogP contribution >= 0.6 is 11.6 Å². The summed E-state index contributed by atoms with van der Waals surface area (Å²) in [5.74, 6) is 0.949. The third-order valence-electron chi connectivity index (χ3n) is 3.73. The van der Waals surface area contributed by atoms with Crippen molar-refractivity contribution < 1.29 is 4.74 Å². The van der Waals surface area contributed by atoms with Gasteiger partial charge < -0.3 is 10.1 Å². The van der Waals surface area contributed by atoms with Gasteiger partial charge in [-0.15, -0.1) is 0 Å². The van der Waals surface area contributed by atoms with Gasteiger partial charge in [0.15, 0.2) is 0 Å². The normalized spacial score (nSPS) is 19.5. The third kappa shape index (κ3) is 2.98. The van der Waals surface area contributed by atoms with E-state index in [2.05, 4.69) is 30.2 Å². The first-order chi connectivity index (χ1) is 9.94. The van der Waals surface area contributed by atoms with Crippen LogP contribution in [0.5, 0.6) is 5.75 Å². The number of pyridine rings is 1. The molecule has 1 unspecified atom stereocenters. The van der Waals surface area contributed by atoms with E-state index in [1.54, 1.807) is 6.20 Å². The zero-order chi connectivity index (χ0) is 15.0. The number of halogens is 1. The molecule has 1 aromatic heterocycles. The van der Waals surface area contributed by atoms with Crippen LogP contribution in [0.1, 0.15) is 37.4 Å². The van der Waals surface area contributed by atoms with Crippen molar-refractivity contribution in [3.8, 4) is 5.75 Å². The van der Waals surface area contributed by atoms with Gasteiger partial charge in [0.2, 0.25) is 0 Å². The van der Waals surface area contributed by atoms with Crippen molar-refractivity contribution >= 4 is 17.3 Å². The molecule has 0 spiro atoms. The summed E-state index contributed by atoms with van der Waals surface area (Å²) in [7, 11) is 0. The molecule has 1 aromatic carbocycles. The molecule has 3 rings (SSSR count). The van der Waals surface area contributed by atoms with E-state index in [1.807, 2.05) is 31.2 Å². The molecular formula is C17H19ClN2O. The monoisotopic (exact) mass is 302 g/mol. The second-order valence-electron chi connectivity index (χ2n) is 6.13. The Morgan fingerprint density at radius 3 is 2.86 bits per heavy atom. The van der Waals surface area contributed by atoms with Crippen molar-refractivity contribution in [2.75, 3.05) is 5.32 Å². The van der Waals surface area contributed by atoms with Crippen LogP contribution in [0.3, 0.4) is 0 Å². The standard InChI is InChI=1S/C17H19ClN2O/c1-11-8-12(10-19-16(11)18)20-14-9-17(2,3)21-15-7-5-4-6-13(14)15/h4-8,10,14,20H,9H2,1-3H3. The number of ether oxygens (including phenoxy) is 1. The molecule has 0 saturated carbocycles. The Balaban J connectivity index is 1.92. The van der Waals surface area contributed by atoms with E-state index >= 15 is 0 Å². The summed E-state index contributed by atoms with van der Waals surface area (Å²) in [6.07, 6.45) is 2.67. The van der Waals surface area contributed by atoms with Crippen LogP contribution in [0, 0.1) is 6.92 Å². The Morgan fingerprint density at radius 2 is 2.10 bits per heavy atom. The van der Waals surface area contributed by atoms with Crippen LogP contribution in [0.2, 0.25) is 5.15 Å². The highest BCUT2D eigenvalue weighted by Crippen LogP contribution is 2.40. The Kier molecular flexibility index (Phi) is 3.54. The molecule has 1 N–H and O–H groups in total. The zero-order valence-electron chi connectivity index (χ0n) is 12.5. The lowest BCUT2D eigenvalue weighted by molar-refractivity contribution is 0.0759. The van der Waals surface area contributed by atoms with Crippen molar-refractivity contribution in [3.05, 3.63) is 52.8 Å². The van der Waals surface area contributed by atoms with Gasteiger partial charge >= 0.3 is 0 Å². The maximum Gasteiger partial charge on any atom is 0.132 e. The van der Waals surface area contributed by atoms with Crippen LogP contribution < -0.4 is 10.1 Å². The van der Waals surface area contributed by atoms with Crippen LogP contribution in [0.15, 0.2) is 36.5 Å². The maximum atomic E-state index is 6.05. The first kappa shape index (κ1) is 14.2. The highest BCUT2D eigenvalue weighted by atomic mass is 35.5. The number of benzene rings is 1. The van der Waals surface area contributed by atoms with Gasteiger partial charge in [-0.3, -0.25) is 0 Å². The van der Waals surface area contributed by atoms with E-state index in [0.717, 1.165) is 23.4 Å². The molecule has 0 fully saturated rings. The molecule has 1 aliphatic rings. The van der Waals surface area contributed by atoms with Gasteiger partial charge in [-0.25, -0.2) is 4.98 Å². The van der Waals surface area contributed by atoms with Crippen LogP contribution in [-0.2, 0) is 0 Å². The van der Waals surface area contributed by atoms with E-state index in [1.165, 1.54) is 5.56 Å². The van der Waals surface area contributed by atoms with E-state index in [0.29, 0.717) is 5.15 Å². The summed E-state index contributed by atoms with van der Waals surface area (Å²) in [5, 5.41) is 4.11. The van der Waals surface area contributed by atoms with Gasteiger partial charge in [0.1, 0.15) is 16.5 Å². The second kappa shape index (κ2) is 5.23. The van der Waals surface area contributed by atoms with Gasteiger partial charge in [-0.2, -0.15) is 0 Å². The number of aromatic nitrogens is 1. The number of anilines is 1. The minimum absolute atomic E-state index is 0.194. The largest absolute Gasteiger partial charge is 0.487 e. The summed E-state index contributed by atoms with van der Waals surface area (Å²) in [6.45, 7) is 6.19. The average molecular weight is 303 g/mol. The first-order valence-corrected chi connectivity index (χ1v) is 7.49. The van der Waals surface area contributed by atoms with Gasteiger partial charge in [-0.05, 0) is 38.5 Å². The number of para-hydroxylation sites is 1. The molecule has 110 valence electrons. The second-order valence-corrected chi connectivity index (χ2v) is 6.49. The number of nitrogens with one attached hydrogen (secondary N) is 1. The molecule has 0 aliphatic carbocycles. The predicted octanol–water partition coefficient (Wildman–Crippen LogP) is 4.76. The lowest BCUT2D eigenvalue weighted by atomic mass is 9.89. The van der Waals surface area contributed by atoms with Crippen molar-refractivity contribution in [2.45, 2.75) is 38.8 Å². The van der Waals surface area contributed by atoms with Gasteiger partial charge in [0, 0.05) is 12.0 Å². The molecule has 3 nitrogen and oxygen atoms in total. The topological polar surface area (TPSA) is 34.1 Å². The maximum absolute atomic E-state index is 6.05. The number of hydrogen-bond acceptors (Lipinski definition) is 3. The Bertz CT molecular complexity index is 670. The van der Waals surface area contributed by atoms with E-state index in [-0.39, 0.29) is 11.6 Å². The van der Waals surface area contributed by atoms with Crippen molar-refractivity contribution in [1.82, 2.24) is 4.98 Å². The first-order valence-electron chi connectivity index (χ1n) is 7.11. The number of fused-ring (bicyclic) bond motifs is 1. The molecule has 1 aliphatic heterocycles. The van der Waals surface area contributed by atoms with Crippen molar-refractivity contribution in [2.24, 2.45) is 0 Å². The fraction of sp³-hybridized carbons (Fsp3) is 0.353. The molecule has 0 amide bonds.